The highest BCUT2D eigenvalue weighted by Crippen LogP contribution is 2.28. The standard InChI is InChI=1S/C19H15FN4O4S/c1-2-16(9-14-3-4-15(20)10-17(14)24(26)27)28-23(12-25)18-11-29-19(22-18)13-5-7-21-8-6-13/h2-8,10-12,16H,1,9H2. The van der Waals surface area contributed by atoms with Gasteiger partial charge in [0.25, 0.3) is 5.69 Å². The van der Waals surface area contributed by atoms with Crippen molar-refractivity contribution in [2.45, 2.75) is 12.5 Å². The molecular formula is C19H15FN4O4S. The topological polar surface area (TPSA) is 98.5 Å². The van der Waals surface area contributed by atoms with Gasteiger partial charge >= 0.3 is 0 Å². The molecule has 0 aliphatic heterocycles. The van der Waals surface area contributed by atoms with Gasteiger partial charge in [-0.15, -0.1) is 17.9 Å². The predicted octanol–water partition coefficient (Wildman–Crippen LogP) is 3.94. The number of nitro groups is 1. The summed E-state index contributed by atoms with van der Waals surface area (Å²) in [6, 6.07) is 6.85. The molecule has 0 N–H and O–H groups in total. The van der Waals surface area contributed by atoms with Crippen LogP contribution in [0.5, 0.6) is 0 Å². The zero-order valence-corrected chi connectivity index (χ0v) is 15.8. The number of hydroxylamine groups is 1. The van der Waals surface area contributed by atoms with Crippen LogP contribution in [0.3, 0.4) is 0 Å². The van der Waals surface area contributed by atoms with Crippen molar-refractivity contribution >= 4 is 29.3 Å². The molecule has 148 valence electrons. The number of nitrogens with zero attached hydrogens (tertiary/aromatic N) is 4. The van der Waals surface area contributed by atoms with Gasteiger partial charge in [-0.1, -0.05) is 6.08 Å². The fraction of sp³-hybridized carbons (Fsp3) is 0.105. The third-order valence-corrected chi connectivity index (χ3v) is 4.80. The molecule has 0 saturated heterocycles. The Balaban J connectivity index is 1.78. The van der Waals surface area contributed by atoms with Crippen LogP contribution in [0.15, 0.2) is 60.8 Å². The summed E-state index contributed by atoms with van der Waals surface area (Å²) in [5, 5.41) is 14.4. The van der Waals surface area contributed by atoms with Crippen molar-refractivity contribution in [3.05, 3.63) is 82.3 Å². The van der Waals surface area contributed by atoms with Crippen LogP contribution in [-0.2, 0) is 16.1 Å². The van der Waals surface area contributed by atoms with Crippen molar-refractivity contribution in [3.8, 4) is 10.6 Å². The lowest BCUT2D eigenvalue weighted by Gasteiger charge is -2.20. The van der Waals surface area contributed by atoms with Gasteiger partial charge in [0.1, 0.15) is 16.9 Å². The van der Waals surface area contributed by atoms with Gasteiger partial charge in [-0.2, -0.15) is 5.06 Å². The van der Waals surface area contributed by atoms with Gasteiger partial charge in [-0.05, 0) is 24.3 Å². The highest BCUT2D eigenvalue weighted by atomic mass is 32.1. The number of hydrogen-bond donors (Lipinski definition) is 0. The molecule has 8 nitrogen and oxygen atoms in total. The highest BCUT2D eigenvalue weighted by molar-refractivity contribution is 7.13. The summed E-state index contributed by atoms with van der Waals surface area (Å²) < 4.78 is 13.3. The molecule has 1 unspecified atom stereocenters. The van der Waals surface area contributed by atoms with Crippen molar-refractivity contribution in [2.24, 2.45) is 0 Å². The molecule has 0 bridgehead atoms. The van der Waals surface area contributed by atoms with E-state index >= 15 is 0 Å². The first-order chi connectivity index (χ1) is 14.0. The summed E-state index contributed by atoms with van der Waals surface area (Å²) in [6.07, 6.45) is 4.35. The Morgan fingerprint density at radius 2 is 2.10 bits per heavy atom. The minimum absolute atomic E-state index is 0.0196. The average molecular weight is 414 g/mol. The Morgan fingerprint density at radius 1 is 1.34 bits per heavy atom. The minimum Gasteiger partial charge on any atom is -0.276 e. The maximum absolute atomic E-state index is 13.3. The van der Waals surface area contributed by atoms with Gasteiger partial charge in [0.05, 0.1) is 11.0 Å². The third-order valence-electron chi connectivity index (χ3n) is 3.92. The molecule has 1 aromatic carbocycles. The quantitative estimate of drug-likeness (QED) is 0.228. The number of amides is 1. The number of carbonyl (C=O) groups is 1. The lowest BCUT2D eigenvalue weighted by Crippen LogP contribution is -2.29. The van der Waals surface area contributed by atoms with Crippen LogP contribution >= 0.6 is 11.3 Å². The molecule has 2 aromatic heterocycles. The van der Waals surface area contributed by atoms with Gasteiger partial charge < -0.3 is 0 Å². The van der Waals surface area contributed by atoms with Crippen LogP contribution in [0.25, 0.3) is 10.6 Å². The summed E-state index contributed by atoms with van der Waals surface area (Å²) in [5.74, 6) is -0.450. The molecule has 3 rings (SSSR count). The van der Waals surface area contributed by atoms with Crippen LogP contribution in [0, 0.1) is 15.9 Å². The first-order valence-electron chi connectivity index (χ1n) is 8.34. The fourth-order valence-corrected chi connectivity index (χ4v) is 3.32. The van der Waals surface area contributed by atoms with E-state index in [2.05, 4.69) is 16.5 Å². The monoisotopic (exact) mass is 414 g/mol. The van der Waals surface area contributed by atoms with Gasteiger partial charge in [0.2, 0.25) is 6.41 Å². The van der Waals surface area contributed by atoms with E-state index in [1.807, 2.05) is 0 Å². The predicted molar refractivity (Wildman–Crippen MR) is 106 cm³/mol. The number of anilines is 1. The van der Waals surface area contributed by atoms with E-state index in [-0.39, 0.29) is 23.5 Å². The maximum atomic E-state index is 13.3. The summed E-state index contributed by atoms with van der Waals surface area (Å²) >= 11 is 1.32. The van der Waals surface area contributed by atoms with Gasteiger partial charge in [0.15, 0.2) is 5.82 Å². The Hall–Kier alpha value is -3.50. The smallest absolute Gasteiger partial charge is 0.275 e. The summed E-state index contributed by atoms with van der Waals surface area (Å²) in [6.45, 7) is 3.65. The summed E-state index contributed by atoms with van der Waals surface area (Å²) in [5.41, 5.74) is 0.721. The Morgan fingerprint density at radius 3 is 2.76 bits per heavy atom. The fourth-order valence-electron chi connectivity index (χ4n) is 2.53. The molecule has 0 aliphatic rings. The largest absolute Gasteiger partial charge is 0.276 e. The van der Waals surface area contributed by atoms with Crippen LogP contribution in [0.4, 0.5) is 15.9 Å². The van der Waals surface area contributed by atoms with Gasteiger partial charge in [-0.25, -0.2) is 9.37 Å². The van der Waals surface area contributed by atoms with Gasteiger partial charge in [-0.3, -0.25) is 24.7 Å². The lowest BCUT2D eigenvalue weighted by molar-refractivity contribution is -0.385. The molecule has 3 aromatic rings. The molecule has 0 saturated carbocycles. The minimum atomic E-state index is -0.782. The van der Waals surface area contributed by atoms with Crippen molar-refractivity contribution < 1.29 is 18.9 Å². The van der Waals surface area contributed by atoms with E-state index in [0.29, 0.717) is 11.4 Å². The second-order valence-corrected chi connectivity index (χ2v) is 6.65. The molecule has 0 radical (unpaired) electrons. The molecule has 29 heavy (non-hydrogen) atoms. The van der Waals surface area contributed by atoms with E-state index in [1.54, 1.807) is 29.9 Å². The molecule has 0 spiro atoms. The SMILES string of the molecule is C=CC(Cc1ccc(F)cc1[N+](=O)[O-])ON(C=O)c1csc(-c2ccncc2)n1. The van der Waals surface area contributed by atoms with E-state index in [1.165, 1.54) is 23.5 Å². The number of thiazole rings is 1. The van der Waals surface area contributed by atoms with Crippen molar-refractivity contribution in [1.82, 2.24) is 9.97 Å². The number of halogens is 1. The molecule has 0 fully saturated rings. The first kappa shape index (κ1) is 20.2. The molecular weight excluding hydrogens is 399 g/mol. The molecule has 10 heteroatoms. The molecule has 0 aliphatic carbocycles. The van der Waals surface area contributed by atoms with Crippen LogP contribution in [-0.4, -0.2) is 27.4 Å². The van der Waals surface area contributed by atoms with E-state index in [4.69, 9.17) is 4.84 Å². The third kappa shape index (κ3) is 4.86. The Labute approximate surface area is 169 Å². The number of rotatable bonds is 9. The molecule has 1 amide bonds. The van der Waals surface area contributed by atoms with Crippen molar-refractivity contribution in [1.29, 1.82) is 0 Å². The Kier molecular flexibility index (Phi) is 6.37. The maximum Gasteiger partial charge on any atom is 0.275 e. The first-order valence-corrected chi connectivity index (χ1v) is 9.22. The number of pyridine rings is 1. The van der Waals surface area contributed by atoms with Crippen LogP contribution in [0.1, 0.15) is 5.56 Å². The molecule has 1 atom stereocenters. The van der Waals surface area contributed by atoms with E-state index in [9.17, 15) is 19.3 Å². The second-order valence-electron chi connectivity index (χ2n) is 5.79. The normalized spacial score (nSPS) is 11.6. The number of aromatic nitrogens is 2. The summed E-state index contributed by atoms with van der Waals surface area (Å²) in [4.78, 5) is 36.0. The van der Waals surface area contributed by atoms with Crippen LogP contribution in [0.2, 0.25) is 0 Å². The number of carbonyl (C=O) groups excluding carboxylic acids is 1. The van der Waals surface area contributed by atoms with Gasteiger partial charge in [0, 0.05) is 35.3 Å². The number of nitro benzene ring substituents is 1. The lowest BCUT2D eigenvalue weighted by atomic mass is 10.1. The zero-order chi connectivity index (χ0) is 20.8. The highest BCUT2D eigenvalue weighted by Gasteiger charge is 2.21. The van der Waals surface area contributed by atoms with Crippen molar-refractivity contribution in [3.63, 3.8) is 0 Å². The van der Waals surface area contributed by atoms with Crippen LogP contribution < -0.4 is 5.06 Å². The Bertz CT molecular complexity index is 1030. The van der Waals surface area contributed by atoms with Crippen molar-refractivity contribution in [2.75, 3.05) is 5.06 Å². The average Bonchev–Trinajstić information content (AvgIpc) is 3.22. The van der Waals surface area contributed by atoms with E-state index < -0.39 is 16.8 Å². The van der Waals surface area contributed by atoms with E-state index in [0.717, 1.165) is 22.8 Å². The second kappa shape index (κ2) is 9.13. The summed E-state index contributed by atoms with van der Waals surface area (Å²) in [7, 11) is 0. The molecule has 2 heterocycles. The zero-order valence-electron chi connectivity index (χ0n) is 15.0. The number of benzene rings is 1. The number of hydrogen-bond acceptors (Lipinski definition) is 7.